The summed E-state index contributed by atoms with van der Waals surface area (Å²) in [4.78, 5) is 22.7. The summed E-state index contributed by atoms with van der Waals surface area (Å²) in [5, 5.41) is 2.46. The van der Waals surface area contributed by atoms with E-state index in [9.17, 15) is 9.59 Å². The van der Waals surface area contributed by atoms with Gasteiger partial charge < -0.3 is 15.8 Å². The SMILES string of the molecule is C#CCC(N)C(=O)NC(C)(C)C(=O)OC. The molecule has 0 radical (unpaired) electrons. The minimum Gasteiger partial charge on any atom is -0.467 e. The monoisotopic (exact) mass is 212 g/mol. The quantitative estimate of drug-likeness (QED) is 0.482. The molecule has 0 aromatic carbocycles. The number of terminal acetylenes is 1. The van der Waals surface area contributed by atoms with Crippen molar-refractivity contribution in [1.29, 1.82) is 0 Å². The van der Waals surface area contributed by atoms with Crippen LogP contribution in [0.15, 0.2) is 0 Å². The summed E-state index contributed by atoms with van der Waals surface area (Å²) >= 11 is 0. The molecule has 0 aromatic rings. The van der Waals surface area contributed by atoms with Crippen LogP contribution in [0.1, 0.15) is 20.3 Å². The Labute approximate surface area is 89.3 Å². The molecule has 0 rings (SSSR count). The Balaban J connectivity index is 4.41. The number of hydrogen-bond donors (Lipinski definition) is 2. The first-order chi connectivity index (χ1) is 6.85. The van der Waals surface area contributed by atoms with E-state index in [1.165, 1.54) is 21.0 Å². The van der Waals surface area contributed by atoms with Crippen molar-refractivity contribution in [3.05, 3.63) is 0 Å². The van der Waals surface area contributed by atoms with Crippen molar-refractivity contribution >= 4 is 11.9 Å². The van der Waals surface area contributed by atoms with E-state index in [4.69, 9.17) is 12.2 Å². The van der Waals surface area contributed by atoms with Gasteiger partial charge in [0.15, 0.2) is 0 Å². The zero-order valence-electron chi connectivity index (χ0n) is 9.16. The summed E-state index contributed by atoms with van der Waals surface area (Å²) in [6.07, 6.45) is 5.14. The van der Waals surface area contributed by atoms with Crippen LogP contribution in [0, 0.1) is 12.3 Å². The van der Waals surface area contributed by atoms with Crippen molar-refractivity contribution in [3.8, 4) is 12.3 Å². The summed E-state index contributed by atoms with van der Waals surface area (Å²) in [6.45, 7) is 3.05. The van der Waals surface area contributed by atoms with Gasteiger partial charge in [0, 0.05) is 6.42 Å². The fourth-order valence-electron chi connectivity index (χ4n) is 0.927. The van der Waals surface area contributed by atoms with E-state index in [2.05, 4.69) is 16.0 Å². The van der Waals surface area contributed by atoms with Gasteiger partial charge in [-0.05, 0) is 13.8 Å². The standard InChI is InChI=1S/C10H16N2O3/c1-5-6-7(11)8(13)12-10(2,3)9(14)15-4/h1,7H,6,11H2,2-4H3,(H,12,13). The highest BCUT2D eigenvalue weighted by atomic mass is 16.5. The number of amides is 1. The summed E-state index contributed by atoms with van der Waals surface area (Å²) in [5.74, 6) is 1.27. The Kier molecular flexibility index (Phi) is 4.82. The molecule has 84 valence electrons. The molecule has 0 aliphatic rings. The molecule has 0 bridgehead atoms. The topological polar surface area (TPSA) is 81.4 Å². The Morgan fingerprint density at radius 2 is 2.13 bits per heavy atom. The van der Waals surface area contributed by atoms with E-state index in [-0.39, 0.29) is 6.42 Å². The van der Waals surface area contributed by atoms with Crippen molar-refractivity contribution in [2.75, 3.05) is 7.11 Å². The number of ether oxygens (including phenoxy) is 1. The molecule has 0 aromatic heterocycles. The lowest BCUT2D eigenvalue weighted by Gasteiger charge is -2.24. The molecule has 5 heteroatoms. The van der Waals surface area contributed by atoms with Crippen LogP contribution in [0.3, 0.4) is 0 Å². The normalized spacial score (nSPS) is 12.5. The maximum atomic E-state index is 11.4. The molecule has 15 heavy (non-hydrogen) atoms. The molecule has 0 heterocycles. The van der Waals surface area contributed by atoms with Crippen molar-refractivity contribution in [1.82, 2.24) is 5.32 Å². The summed E-state index contributed by atoms with van der Waals surface area (Å²) < 4.78 is 4.52. The van der Waals surface area contributed by atoms with E-state index < -0.39 is 23.5 Å². The third-order valence-corrected chi connectivity index (χ3v) is 1.81. The maximum Gasteiger partial charge on any atom is 0.330 e. The van der Waals surface area contributed by atoms with E-state index in [1.54, 1.807) is 0 Å². The predicted molar refractivity (Wildman–Crippen MR) is 55.7 cm³/mol. The van der Waals surface area contributed by atoms with E-state index in [0.717, 1.165) is 0 Å². The highest BCUT2D eigenvalue weighted by Crippen LogP contribution is 2.05. The van der Waals surface area contributed by atoms with Crippen LogP contribution in [0.5, 0.6) is 0 Å². The van der Waals surface area contributed by atoms with Gasteiger partial charge in [0.2, 0.25) is 5.91 Å². The van der Waals surface area contributed by atoms with Crippen molar-refractivity contribution in [2.24, 2.45) is 5.73 Å². The number of esters is 1. The first-order valence-corrected chi connectivity index (χ1v) is 4.44. The molecule has 0 spiro atoms. The number of nitrogens with one attached hydrogen (secondary N) is 1. The second-order valence-electron chi connectivity index (χ2n) is 3.62. The highest BCUT2D eigenvalue weighted by Gasteiger charge is 2.31. The summed E-state index contributed by atoms with van der Waals surface area (Å²) in [5.41, 5.74) is 4.37. The molecule has 0 saturated heterocycles. The molecule has 0 saturated carbocycles. The van der Waals surface area contributed by atoms with Gasteiger partial charge in [-0.15, -0.1) is 12.3 Å². The lowest BCUT2D eigenvalue weighted by molar-refractivity contribution is -0.149. The number of methoxy groups -OCH3 is 1. The van der Waals surface area contributed by atoms with Crippen LogP contribution in [0.2, 0.25) is 0 Å². The van der Waals surface area contributed by atoms with Gasteiger partial charge in [0.05, 0.1) is 13.2 Å². The van der Waals surface area contributed by atoms with Gasteiger partial charge in [-0.1, -0.05) is 0 Å². The second-order valence-corrected chi connectivity index (χ2v) is 3.62. The first kappa shape index (κ1) is 13.5. The molecular formula is C10H16N2O3. The van der Waals surface area contributed by atoms with Gasteiger partial charge in [-0.3, -0.25) is 4.79 Å². The van der Waals surface area contributed by atoms with Crippen molar-refractivity contribution in [3.63, 3.8) is 0 Å². The molecule has 0 aliphatic carbocycles. The molecule has 3 N–H and O–H groups in total. The predicted octanol–water partition coefficient (Wildman–Crippen LogP) is -0.595. The van der Waals surface area contributed by atoms with Crippen LogP contribution in [0.4, 0.5) is 0 Å². The zero-order valence-corrected chi connectivity index (χ0v) is 9.16. The van der Waals surface area contributed by atoms with Crippen molar-refractivity contribution < 1.29 is 14.3 Å². The molecular weight excluding hydrogens is 196 g/mol. The fraction of sp³-hybridized carbons (Fsp3) is 0.600. The van der Waals surface area contributed by atoms with Crippen LogP contribution in [-0.2, 0) is 14.3 Å². The lowest BCUT2D eigenvalue weighted by Crippen LogP contribution is -2.54. The van der Waals surface area contributed by atoms with Crippen LogP contribution in [0.25, 0.3) is 0 Å². The smallest absolute Gasteiger partial charge is 0.330 e. The Morgan fingerprint density at radius 1 is 1.60 bits per heavy atom. The van der Waals surface area contributed by atoms with E-state index >= 15 is 0 Å². The molecule has 1 amide bonds. The van der Waals surface area contributed by atoms with Gasteiger partial charge in [0.1, 0.15) is 5.54 Å². The Morgan fingerprint density at radius 3 is 2.53 bits per heavy atom. The number of hydrogen-bond acceptors (Lipinski definition) is 4. The van der Waals surface area contributed by atoms with Crippen LogP contribution in [-0.4, -0.2) is 30.6 Å². The number of nitrogens with two attached hydrogens (primary N) is 1. The van der Waals surface area contributed by atoms with E-state index in [1.807, 2.05) is 0 Å². The van der Waals surface area contributed by atoms with Crippen molar-refractivity contribution in [2.45, 2.75) is 31.8 Å². The van der Waals surface area contributed by atoms with Gasteiger partial charge in [-0.25, -0.2) is 4.79 Å². The fourth-order valence-corrected chi connectivity index (χ4v) is 0.927. The minimum absolute atomic E-state index is 0.128. The van der Waals surface area contributed by atoms with Crippen LogP contribution >= 0.6 is 0 Å². The van der Waals surface area contributed by atoms with Crippen LogP contribution < -0.4 is 11.1 Å². The lowest BCUT2D eigenvalue weighted by atomic mass is 10.0. The number of rotatable bonds is 4. The van der Waals surface area contributed by atoms with Gasteiger partial charge in [-0.2, -0.15) is 0 Å². The minimum atomic E-state index is -1.10. The third kappa shape index (κ3) is 4.00. The van der Waals surface area contributed by atoms with Gasteiger partial charge >= 0.3 is 5.97 Å². The largest absolute Gasteiger partial charge is 0.467 e. The summed E-state index contributed by atoms with van der Waals surface area (Å²) in [7, 11) is 1.25. The Hall–Kier alpha value is -1.54. The molecule has 1 atom stereocenters. The molecule has 0 aliphatic heterocycles. The second kappa shape index (κ2) is 5.37. The van der Waals surface area contributed by atoms with E-state index in [0.29, 0.717) is 0 Å². The first-order valence-electron chi connectivity index (χ1n) is 4.44. The maximum absolute atomic E-state index is 11.4. The third-order valence-electron chi connectivity index (χ3n) is 1.81. The molecule has 5 nitrogen and oxygen atoms in total. The average molecular weight is 212 g/mol. The molecule has 0 fully saturated rings. The summed E-state index contributed by atoms with van der Waals surface area (Å²) in [6, 6.07) is -0.807. The number of carbonyl (C=O) groups excluding carboxylic acids is 2. The van der Waals surface area contributed by atoms with Gasteiger partial charge in [0.25, 0.3) is 0 Å². The molecule has 1 unspecified atom stereocenters. The highest BCUT2D eigenvalue weighted by molar-refractivity contribution is 5.89. The average Bonchev–Trinajstić information content (AvgIpc) is 2.16. The Bertz CT molecular complexity index is 292. The number of carbonyl (C=O) groups is 2. The zero-order chi connectivity index (χ0) is 12.1.